The maximum absolute atomic E-state index is 13.0. The minimum Gasteiger partial charge on any atom is -0.844 e. The van der Waals surface area contributed by atoms with Crippen molar-refractivity contribution >= 4 is 31.2 Å². The van der Waals surface area contributed by atoms with Gasteiger partial charge in [-0.15, -0.1) is 0 Å². The number of nitro benzene ring substituents is 1. The molecule has 1 aliphatic rings. The maximum atomic E-state index is 13.0. The third-order valence-electron chi connectivity index (χ3n) is 5.78. The van der Waals surface area contributed by atoms with Gasteiger partial charge in [-0.2, -0.15) is 4.31 Å². The van der Waals surface area contributed by atoms with Crippen molar-refractivity contribution in [1.29, 1.82) is 0 Å². The summed E-state index contributed by atoms with van der Waals surface area (Å²) in [5.74, 6) is 0. The van der Waals surface area contributed by atoms with Crippen LogP contribution in [0.4, 0.5) is 5.69 Å². The molecule has 0 saturated carbocycles. The monoisotopic (exact) mass is 631 g/mol. The van der Waals surface area contributed by atoms with Gasteiger partial charge in [0.15, 0.2) is 0 Å². The number of non-ortho nitro benzene ring substituents is 1. The Kier molecular flexibility index (Phi) is 24.8. The SMILES string of the molecule is CC(C)N(CC[C@H](Cc1ccccc1)NC=O)S(=O)(=O)c1ccc([N+](=O)[O-])cc1.COC1CCOC1.[Na+].[Na+].[O-]P[O-]. The standard InChI is InChI=1S/C20H25N3O5S.C5H10O2.2Na.HO2P/c1-16(2)22(29(27,28)20-10-8-19(9-11-20)23(25)26)13-12-18(21-15-24)14-17-6-4-3-5-7-17;1-6-5-2-3-7-4-5;;;1-3-2/h3-11,15-16,18H,12-14H2,1-2H3,(H,21,24);5H,2-4H2,1H3;;;3H/q;;2*+1;-2/t18-;;;;/m1..../s1. The van der Waals surface area contributed by atoms with Gasteiger partial charge in [-0.3, -0.25) is 14.9 Å². The molecule has 12 nitrogen and oxygen atoms in total. The number of nitrogens with zero attached hydrogens (tertiary/aromatic N) is 2. The van der Waals surface area contributed by atoms with Crippen LogP contribution in [0.2, 0.25) is 0 Å². The van der Waals surface area contributed by atoms with Gasteiger partial charge in [-0.1, -0.05) is 30.3 Å². The molecule has 1 unspecified atom stereocenters. The zero-order valence-electron chi connectivity index (χ0n) is 24.2. The molecule has 0 radical (unpaired) electrons. The Balaban J connectivity index is 0. The third-order valence-corrected chi connectivity index (χ3v) is 7.87. The predicted octanol–water partition coefficient (Wildman–Crippen LogP) is -4.61. The fourth-order valence-electron chi connectivity index (χ4n) is 3.75. The van der Waals surface area contributed by atoms with Crippen LogP contribution in [0.3, 0.4) is 0 Å². The Morgan fingerprint density at radius 1 is 1.15 bits per heavy atom. The summed E-state index contributed by atoms with van der Waals surface area (Å²) in [5, 5.41) is 13.6. The molecular formula is C25H36N3Na2O9PS. The molecule has 1 saturated heterocycles. The Morgan fingerprint density at radius 2 is 1.73 bits per heavy atom. The second kappa shape index (κ2) is 23.9. The molecular weight excluding hydrogens is 595 g/mol. The normalized spacial score (nSPS) is 14.8. The van der Waals surface area contributed by atoms with Crippen LogP contribution in [0.25, 0.3) is 0 Å². The van der Waals surface area contributed by atoms with Gasteiger partial charge in [0.05, 0.1) is 22.5 Å². The van der Waals surface area contributed by atoms with Crippen molar-refractivity contribution in [3.8, 4) is 0 Å². The largest absolute Gasteiger partial charge is 1.00 e. The van der Waals surface area contributed by atoms with Gasteiger partial charge < -0.3 is 33.6 Å². The zero-order chi connectivity index (χ0) is 29.3. The van der Waals surface area contributed by atoms with E-state index in [-0.39, 0.29) is 88.3 Å². The Labute approximate surface area is 288 Å². The van der Waals surface area contributed by atoms with Crippen LogP contribution in [0.15, 0.2) is 59.5 Å². The first kappa shape index (κ1) is 42.6. The van der Waals surface area contributed by atoms with E-state index in [1.54, 1.807) is 21.0 Å². The Bertz CT molecular complexity index is 1080. The molecule has 41 heavy (non-hydrogen) atoms. The summed E-state index contributed by atoms with van der Waals surface area (Å²) in [6.45, 7) is 5.40. The quantitative estimate of drug-likeness (QED) is 0.0795. The molecule has 1 fully saturated rings. The van der Waals surface area contributed by atoms with Crippen molar-refractivity contribution in [3.63, 3.8) is 0 Å². The number of rotatable bonds is 12. The summed E-state index contributed by atoms with van der Waals surface area (Å²) < 4.78 is 37.5. The predicted molar refractivity (Wildman–Crippen MR) is 144 cm³/mol. The molecule has 16 heteroatoms. The molecule has 1 heterocycles. The molecule has 1 N–H and O–H groups in total. The van der Waals surface area contributed by atoms with Crippen molar-refractivity contribution in [2.24, 2.45) is 0 Å². The number of sulfonamides is 1. The summed E-state index contributed by atoms with van der Waals surface area (Å²) >= 11 is 0. The molecule has 0 bridgehead atoms. The maximum Gasteiger partial charge on any atom is 1.00 e. The van der Waals surface area contributed by atoms with Gasteiger partial charge in [0.2, 0.25) is 16.4 Å². The topological polar surface area (TPSA) is 174 Å². The van der Waals surface area contributed by atoms with Gasteiger partial charge in [0, 0.05) is 44.5 Å². The van der Waals surface area contributed by atoms with Crippen molar-refractivity contribution in [2.45, 2.75) is 56.2 Å². The molecule has 3 rings (SSSR count). The summed E-state index contributed by atoms with van der Waals surface area (Å²) in [6.07, 6.45) is 3.08. The molecule has 1 amide bonds. The Morgan fingerprint density at radius 3 is 2.15 bits per heavy atom. The van der Waals surface area contributed by atoms with Crippen molar-refractivity contribution in [3.05, 3.63) is 70.3 Å². The minimum absolute atomic E-state index is 0. The van der Waals surface area contributed by atoms with Crippen LogP contribution in [-0.4, -0.2) is 69.1 Å². The van der Waals surface area contributed by atoms with Gasteiger partial charge in [0.1, 0.15) is 0 Å². The fourth-order valence-corrected chi connectivity index (χ4v) is 5.40. The number of nitro groups is 1. The van der Waals surface area contributed by atoms with E-state index in [1.807, 2.05) is 30.3 Å². The number of nitrogens with one attached hydrogen (secondary N) is 1. The first-order valence-electron chi connectivity index (χ1n) is 12.2. The fraction of sp³-hybridized carbons (Fsp3) is 0.480. The minimum atomic E-state index is -3.83. The molecule has 0 aromatic heterocycles. The average molecular weight is 632 g/mol. The smallest absolute Gasteiger partial charge is 0.844 e. The summed E-state index contributed by atoms with van der Waals surface area (Å²) in [6, 6.07) is 13.9. The number of carbonyl (C=O) groups is 1. The van der Waals surface area contributed by atoms with E-state index < -0.39 is 24.0 Å². The number of amides is 1. The first-order valence-corrected chi connectivity index (χ1v) is 14.5. The van der Waals surface area contributed by atoms with E-state index >= 15 is 0 Å². The van der Waals surface area contributed by atoms with Crippen LogP contribution < -0.4 is 74.2 Å². The molecule has 0 spiro atoms. The van der Waals surface area contributed by atoms with E-state index in [0.29, 0.717) is 25.4 Å². The van der Waals surface area contributed by atoms with Crippen LogP contribution in [0.5, 0.6) is 0 Å². The molecule has 2 atom stereocenters. The zero-order valence-corrected chi connectivity index (χ0v) is 30.0. The van der Waals surface area contributed by atoms with Crippen molar-refractivity contribution in [1.82, 2.24) is 9.62 Å². The van der Waals surface area contributed by atoms with E-state index in [4.69, 9.17) is 19.3 Å². The van der Waals surface area contributed by atoms with Gasteiger partial charge in [0.25, 0.3) is 5.69 Å². The Hall–Kier alpha value is -0.510. The number of carbonyl (C=O) groups excluding carboxylic acids is 1. The molecule has 2 aromatic carbocycles. The van der Waals surface area contributed by atoms with E-state index in [1.165, 1.54) is 28.6 Å². The molecule has 2 aromatic rings. The van der Waals surface area contributed by atoms with E-state index in [0.717, 1.165) is 25.2 Å². The van der Waals surface area contributed by atoms with Crippen LogP contribution in [0, 0.1) is 10.1 Å². The second-order valence-corrected chi connectivity index (χ2v) is 10.8. The number of hydrogen-bond acceptors (Lipinski definition) is 9. The van der Waals surface area contributed by atoms with Crippen molar-refractivity contribution < 1.29 is 96.5 Å². The third kappa shape index (κ3) is 16.2. The van der Waals surface area contributed by atoms with Gasteiger partial charge in [-0.05, 0) is 50.8 Å². The molecule has 218 valence electrons. The summed E-state index contributed by atoms with van der Waals surface area (Å²) in [7, 11) is -3.53. The molecule has 1 aliphatic heterocycles. The second-order valence-electron chi connectivity index (χ2n) is 8.72. The van der Waals surface area contributed by atoms with Crippen molar-refractivity contribution in [2.75, 3.05) is 26.9 Å². The average Bonchev–Trinajstić information content (AvgIpc) is 3.44. The first-order chi connectivity index (χ1) is 18.6. The number of ether oxygens (including phenoxy) is 2. The summed E-state index contributed by atoms with van der Waals surface area (Å²) in [4.78, 5) is 38.0. The van der Waals surface area contributed by atoms with Gasteiger partial charge >= 0.3 is 59.1 Å². The number of benzene rings is 2. The van der Waals surface area contributed by atoms with Crippen LogP contribution in [0.1, 0.15) is 32.3 Å². The van der Waals surface area contributed by atoms with E-state index in [9.17, 15) is 23.3 Å². The molecule has 0 aliphatic carbocycles. The van der Waals surface area contributed by atoms with Gasteiger partial charge in [-0.25, -0.2) is 8.42 Å². The van der Waals surface area contributed by atoms with Crippen LogP contribution in [-0.2, 0) is 30.7 Å². The number of methoxy groups -OCH3 is 1. The number of hydrogen-bond donors (Lipinski definition) is 1. The summed E-state index contributed by atoms with van der Waals surface area (Å²) in [5.41, 5.74) is 0.874. The van der Waals surface area contributed by atoms with Crippen LogP contribution >= 0.6 is 9.03 Å². The van der Waals surface area contributed by atoms with E-state index in [2.05, 4.69) is 5.32 Å².